The number of carbonyl (C=O) groups excluding carboxylic acids is 1. The number of carbonyl (C=O) groups is 2. The maximum absolute atomic E-state index is 12.9. The standard InChI is InChI=1S/C18H23F3N2O3/c1-11-4-2-3-5-14(11)15(10-18(19,20)21)23-17(26)22-13-8-6-12(7-9-13)16(24)25/h2-5,12-13,15H,6-10H2,1H3,(H,24,25)(H2,22,23,26). The Labute approximate surface area is 150 Å². The van der Waals surface area contributed by atoms with Crippen LogP contribution in [0.1, 0.15) is 49.3 Å². The first-order chi connectivity index (χ1) is 12.2. The highest BCUT2D eigenvalue weighted by Crippen LogP contribution is 2.31. The Kier molecular flexibility index (Phi) is 6.50. The van der Waals surface area contributed by atoms with E-state index in [0.29, 0.717) is 36.8 Å². The molecule has 2 amide bonds. The van der Waals surface area contributed by atoms with Crippen molar-refractivity contribution in [2.45, 2.75) is 57.3 Å². The van der Waals surface area contributed by atoms with Crippen molar-refractivity contribution >= 4 is 12.0 Å². The van der Waals surface area contributed by atoms with Crippen LogP contribution in [0.2, 0.25) is 0 Å². The Morgan fingerprint density at radius 3 is 2.35 bits per heavy atom. The molecule has 1 aliphatic carbocycles. The quantitative estimate of drug-likeness (QED) is 0.733. The van der Waals surface area contributed by atoms with Crippen molar-refractivity contribution in [3.63, 3.8) is 0 Å². The number of aliphatic carboxylic acids is 1. The Bertz CT molecular complexity index is 641. The van der Waals surface area contributed by atoms with Crippen LogP contribution in [0.3, 0.4) is 0 Å². The van der Waals surface area contributed by atoms with E-state index in [4.69, 9.17) is 5.11 Å². The molecule has 1 saturated carbocycles. The van der Waals surface area contributed by atoms with Crippen LogP contribution in [0.4, 0.5) is 18.0 Å². The molecule has 0 aliphatic heterocycles. The smallest absolute Gasteiger partial charge is 0.391 e. The fourth-order valence-electron chi connectivity index (χ4n) is 3.32. The third-order valence-electron chi connectivity index (χ3n) is 4.72. The number of benzene rings is 1. The molecule has 1 aliphatic rings. The zero-order valence-corrected chi connectivity index (χ0v) is 14.5. The zero-order chi connectivity index (χ0) is 19.3. The van der Waals surface area contributed by atoms with Crippen molar-refractivity contribution < 1.29 is 27.9 Å². The Morgan fingerprint density at radius 2 is 1.81 bits per heavy atom. The SMILES string of the molecule is Cc1ccccc1C(CC(F)(F)F)NC(=O)NC1CCC(C(=O)O)CC1. The molecule has 1 aromatic rings. The van der Waals surface area contributed by atoms with Gasteiger partial charge in [0.15, 0.2) is 0 Å². The second-order valence-corrected chi connectivity index (χ2v) is 6.73. The Morgan fingerprint density at radius 1 is 1.19 bits per heavy atom. The monoisotopic (exact) mass is 372 g/mol. The van der Waals surface area contributed by atoms with Crippen LogP contribution in [0, 0.1) is 12.8 Å². The summed E-state index contributed by atoms with van der Waals surface area (Å²) in [5, 5.41) is 14.1. The lowest BCUT2D eigenvalue weighted by molar-refractivity contribution is -0.143. The molecule has 0 bridgehead atoms. The summed E-state index contributed by atoms with van der Waals surface area (Å²) in [6.07, 6.45) is -3.68. The van der Waals surface area contributed by atoms with E-state index in [1.165, 1.54) is 0 Å². The number of urea groups is 1. The lowest BCUT2D eigenvalue weighted by Crippen LogP contribution is -2.46. The molecule has 0 aromatic heterocycles. The van der Waals surface area contributed by atoms with Gasteiger partial charge in [-0.25, -0.2) is 4.79 Å². The van der Waals surface area contributed by atoms with Gasteiger partial charge in [0.1, 0.15) is 0 Å². The van der Waals surface area contributed by atoms with Crippen LogP contribution < -0.4 is 10.6 Å². The molecule has 0 radical (unpaired) electrons. The average Bonchev–Trinajstić information content (AvgIpc) is 2.54. The molecule has 1 aromatic carbocycles. The third-order valence-corrected chi connectivity index (χ3v) is 4.72. The van der Waals surface area contributed by atoms with Gasteiger partial charge < -0.3 is 15.7 Å². The van der Waals surface area contributed by atoms with Gasteiger partial charge in [0.25, 0.3) is 0 Å². The molecule has 26 heavy (non-hydrogen) atoms. The summed E-state index contributed by atoms with van der Waals surface area (Å²) >= 11 is 0. The van der Waals surface area contributed by atoms with Gasteiger partial charge >= 0.3 is 18.2 Å². The molecule has 3 N–H and O–H groups in total. The summed E-state index contributed by atoms with van der Waals surface area (Å²) in [6, 6.07) is 4.57. The number of aryl methyl sites for hydroxylation is 1. The van der Waals surface area contributed by atoms with Gasteiger partial charge in [0.05, 0.1) is 18.4 Å². The van der Waals surface area contributed by atoms with Crippen molar-refractivity contribution in [2.75, 3.05) is 0 Å². The first-order valence-electron chi connectivity index (χ1n) is 8.58. The van der Waals surface area contributed by atoms with Gasteiger partial charge in [0.2, 0.25) is 0 Å². The highest BCUT2D eigenvalue weighted by molar-refractivity contribution is 5.75. The maximum atomic E-state index is 12.9. The summed E-state index contributed by atoms with van der Waals surface area (Å²) in [4.78, 5) is 23.1. The Balaban J connectivity index is 1.98. The molecule has 0 saturated heterocycles. The minimum Gasteiger partial charge on any atom is -0.481 e. The first-order valence-corrected chi connectivity index (χ1v) is 8.58. The summed E-state index contributed by atoms with van der Waals surface area (Å²) in [5.74, 6) is -1.27. The average molecular weight is 372 g/mol. The van der Waals surface area contributed by atoms with Crippen LogP contribution in [-0.4, -0.2) is 29.3 Å². The molecular weight excluding hydrogens is 349 g/mol. The maximum Gasteiger partial charge on any atom is 0.391 e. The predicted molar refractivity (Wildman–Crippen MR) is 89.6 cm³/mol. The van der Waals surface area contributed by atoms with E-state index in [1.54, 1.807) is 31.2 Å². The summed E-state index contributed by atoms with van der Waals surface area (Å²) in [6.45, 7) is 1.70. The second-order valence-electron chi connectivity index (χ2n) is 6.73. The van der Waals surface area contributed by atoms with E-state index >= 15 is 0 Å². The fraction of sp³-hybridized carbons (Fsp3) is 0.556. The van der Waals surface area contributed by atoms with Crippen LogP contribution in [0.5, 0.6) is 0 Å². The summed E-state index contributed by atoms with van der Waals surface area (Å²) < 4.78 is 38.8. The van der Waals surface area contributed by atoms with Crippen molar-refractivity contribution in [2.24, 2.45) is 5.92 Å². The number of rotatable bonds is 5. The van der Waals surface area contributed by atoms with Crippen LogP contribution in [-0.2, 0) is 4.79 Å². The molecular formula is C18H23F3N2O3. The normalized spacial score (nSPS) is 21.7. The Hall–Kier alpha value is -2.25. The third kappa shape index (κ3) is 5.93. The second kappa shape index (κ2) is 8.42. The van der Waals surface area contributed by atoms with E-state index in [0.717, 1.165) is 0 Å². The number of alkyl halides is 3. The predicted octanol–water partition coefficient (Wildman–Crippen LogP) is 3.93. The number of halogens is 3. The fourth-order valence-corrected chi connectivity index (χ4v) is 3.32. The van der Waals surface area contributed by atoms with E-state index in [9.17, 15) is 22.8 Å². The van der Waals surface area contributed by atoms with Crippen molar-refractivity contribution in [1.29, 1.82) is 0 Å². The lowest BCUT2D eigenvalue weighted by Gasteiger charge is -2.28. The number of hydrogen-bond donors (Lipinski definition) is 3. The molecule has 1 fully saturated rings. The van der Waals surface area contributed by atoms with Crippen LogP contribution >= 0.6 is 0 Å². The van der Waals surface area contributed by atoms with Crippen molar-refractivity contribution in [3.8, 4) is 0 Å². The van der Waals surface area contributed by atoms with Crippen molar-refractivity contribution in [1.82, 2.24) is 10.6 Å². The van der Waals surface area contributed by atoms with Gasteiger partial charge in [-0.2, -0.15) is 13.2 Å². The van der Waals surface area contributed by atoms with E-state index < -0.39 is 36.6 Å². The highest BCUT2D eigenvalue weighted by atomic mass is 19.4. The molecule has 0 spiro atoms. The summed E-state index contributed by atoms with van der Waals surface area (Å²) in [7, 11) is 0. The topological polar surface area (TPSA) is 78.4 Å². The van der Waals surface area contributed by atoms with E-state index in [1.807, 2.05) is 0 Å². The number of hydrogen-bond acceptors (Lipinski definition) is 2. The summed E-state index contributed by atoms with van der Waals surface area (Å²) in [5.41, 5.74) is 1.10. The van der Waals surface area contributed by atoms with Crippen LogP contribution in [0.15, 0.2) is 24.3 Å². The van der Waals surface area contributed by atoms with E-state index in [2.05, 4.69) is 10.6 Å². The van der Waals surface area contributed by atoms with Gasteiger partial charge in [-0.15, -0.1) is 0 Å². The van der Waals surface area contributed by atoms with Gasteiger partial charge in [0, 0.05) is 6.04 Å². The van der Waals surface area contributed by atoms with Crippen molar-refractivity contribution in [3.05, 3.63) is 35.4 Å². The van der Waals surface area contributed by atoms with Crippen LogP contribution in [0.25, 0.3) is 0 Å². The highest BCUT2D eigenvalue weighted by Gasteiger charge is 2.34. The minimum atomic E-state index is -4.42. The molecule has 1 atom stereocenters. The van der Waals surface area contributed by atoms with Gasteiger partial charge in [-0.1, -0.05) is 24.3 Å². The first kappa shape index (κ1) is 20.1. The molecule has 1 unspecified atom stereocenters. The number of carboxylic acids is 1. The number of amides is 2. The lowest BCUT2D eigenvalue weighted by atomic mass is 9.86. The largest absolute Gasteiger partial charge is 0.481 e. The van der Waals surface area contributed by atoms with Gasteiger partial charge in [-0.3, -0.25) is 4.79 Å². The molecule has 0 heterocycles. The van der Waals surface area contributed by atoms with E-state index in [-0.39, 0.29) is 6.04 Å². The molecule has 5 nitrogen and oxygen atoms in total. The minimum absolute atomic E-state index is 0.228. The number of carboxylic acid groups (broad SMARTS) is 1. The molecule has 8 heteroatoms. The molecule has 144 valence electrons. The number of nitrogens with one attached hydrogen (secondary N) is 2. The zero-order valence-electron chi connectivity index (χ0n) is 14.5. The van der Waals surface area contributed by atoms with Gasteiger partial charge in [-0.05, 0) is 43.7 Å². The molecule has 2 rings (SSSR count).